The van der Waals surface area contributed by atoms with Gasteiger partial charge in [0.15, 0.2) is 0 Å². The molecular formula is C20H34O2. The molecule has 0 aromatic rings. The average Bonchev–Trinajstić information content (AvgIpc) is 2.55. The van der Waals surface area contributed by atoms with Crippen molar-refractivity contribution in [3.05, 3.63) is 0 Å². The van der Waals surface area contributed by atoms with Crippen LogP contribution in [0.2, 0.25) is 0 Å². The monoisotopic (exact) mass is 306 g/mol. The van der Waals surface area contributed by atoms with E-state index in [0.29, 0.717) is 17.3 Å². The number of aliphatic hydroxyl groups is 2. The number of rotatable bonds is 0. The molecular weight excluding hydrogens is 272 g/mol. The maximum absolute atomic E-state index is 11.1. The van der Waals surface area contributed by atoms with Crippen molar-refractivity contribution in [2.45, 2.75) is 84.8 Å². The second-order valence-corrected chi connectivity index (χ2v) is 10.4. The van der Waals surface area contributed by atoms with E-state index < -0.39 is 0 Å². The summed E-state index contributed by atoms with van der Waals surface area (Å²) in [5.74, 6) is 2.79. The maximum atomic E-state index is 11.1. The van der Waals surface area contributed by atoms with Crippen molar-refractivity contribution in [3.63, 3.8) is 0 Å². The normalized spacial score (nSPS) is 59.7. The average molecular weight is 306 g/mol. The number of fused-ring (bicyclic) bond motifs is 3. The Bertz CT molecular complexity index is 468. The highest BCUT2D eigenvalue weighted by Gasteiger charge is 2.66. The van der Waals surface area contributed by atoms with Crippen LogP contribution in [0.5, 0.6) is 0 Å². The fourth-order valence-electron chi connectivity index (χ4n) is 8.50. The van der Waals surface area contributed by atoms with Gasteiger partial charge in [0, 0.05) is 0 Å². The number of aliphatic hydroxyl groups excluding tert-OH is 2. The van der Waals surface area contributed by atoms with Crippen LogP contribution in [-0.2, 0) is 0 Å². The molecule has 0 radical (unpaired) electrons. The smallest absolute Gasteiger partial charge is 0.0584 e. The van der Waals surface area contributed by atoms with Crippen LogP contribution in [-0.4, -0.2) is 22.4 Å². The van der Waals surface area contributed by atoms with E-state index in [4.69, 9.17) is 0 Å². The third kappa shape index (κ3) is 1.86. The summed E-state index contributed by atoms with van der Waals surface area (Å²) >= 11 is 0. The summed E-state index contributed by atoms with van der Waals surface area (Å²) < 4.78 is 0. The minimum Gasteiger partial charge on any atom is -0.393 e. The topological polar surface area (TPSA) is 40.5 Å². The van der Waals surface area contributed by atoms with Crippen LogP contribution in [0.15, 0.2) is 0 Å². The first-order valence-corrected chi connectivity index (χ1v) is 9.54. The lowest BCUT2D eigenvalue weighted by atomic mass is 9.40. The molecule has 0 amide bonds. The van der Waals surface area contributed by atoms with Crippen LogP contribution in [0, 0.1) is 39.9 Å². The highest BCUT2D eigenvalue weighted by Crippen LogP contribution is 2.72. The summed E-state index contributed by atoms with van der Waals surface area (Å²) in [5.41, 5.74) is 0.544. The molecule has 126 valence electrons. The van der Waals surface area contributed by atoms with Gasteiger partial charge in [-0.25, -0.2) is 0 Å². The van der Waals surface area contributed by atoms with E-state index in [9.17, 15) is 10.2 Å². The van der Waals surface area contributed by atoms with E-state index in [2.05, 4.69) is 27.7 Å². The van der Waals surface area contributed by atoms with E-state index in [-0.39, 0.29) is 23.0 Å². The van der Waals surface area contributed by atoms with Crippen LogP contribution in [0.25, 0.3) is 0 Å². The standard InChI is InChI=1S/C20H34O2/c1-12-7-20-8-13(12)5-6-16(20)19(4)10-14(21)9-18(2,3)17(19)15(22)11-20/h12-17,21-22H,5-11H2,1-4H3/t12-,13+,14+,15+,16-,17+,19-,20+/m0/s1. The quantitative estimate of drug-likeness (QED) is 0.710. The van der Waals surface area contributed by atoms with Gasteiger partial charge in [0.25, 0.3) is 0 Å². The molecule has 22 heavy (non-hydrogen) atoms. The summed E-state index contributed by atoms with van der Waals surface area (Å²) in [6, 6.07) is 0. The molecule has 1 spiro atoms. The Kier molecular flexibility index (Phi) is 3.16. The zero-order chi connectivity index (χ0) is 15.9. The van der Waals surface area contributed by atoms with Crippen molar-refractivity contribution in [1.29, 1.82) is 0 Å². The molecule has 0 heterocycles. The van der Waals surface area contributed by atoms with E-state index in [0.717, 1.165) is 31.1 Å². The Labute approximate surface area is 135 Å². The largest absolute Gasteiger partial charge is 0.393 e. The lowest BCUT2D eigenvalue weighted by Crippen LogP contribution is -2.63. The van der Waals surface area contributed by atoms with E-state index in [1.807, 2.05) is 0 Å². The Morgan fingerprint density at radius 3 is 2.32 bits per heavy atom. The van der Waals surface area contributed by atoms with Crippen molar-refractivity contribution < 1.29 is 10.2 Å². The molecule has 0 aliphatic heterocycles. The van der Waals surface area contributed by atoms with Crippen molar-refractivity contribution in [1.82, 2.24) is 0 Å². The lowest BCUT2D eigenvalue weighted by Gasteiger charge is -2.66. The molecule has 2 nitrogen and oxygen atoms in total. The summed E-state index contributed by atoms with van der Waals surface area (Å²) in [6.45, 7) is 9.41. The van der Waals surface area contributed by atoms with E-state index in [1.54, 1.807) is 0 Å². The van der Waals surface area contributed by atoms with Gasteiger partial charge in [-0.3, -0.25) is 0 Å². The molecule has 0 aromatic heterocycles. The zero-order valence-electron chi connectivity index (χ0n) is 14.8. The Hall–Kier alpha value is -0.0800. The van der Waals surface area contributed by atoms with Crippen molar-refractivity contribution >= 4 is 0 Å². The van der Waals surface area contributed by atoms with E-state index in [1.165, 1.54) is 25.7 Å². The molecule has 4 rings (SSSR count). The summed E-state index contributed by atoms with van der Waals surface area (Å²) in [5, 5.41) is 21.7. The molecule has 0 unspecified atom stereocenters. The number of hydrogen-bond acceptors (Lipinski definition) is 2. The lowest BCUT2D eigenvalue weighted by molar-refractivity contribution is -0.215. The minimum atomic E-state index is -0.185. The molecule has 2 heteroatoms. The van der Waals surface area contributed by atoms with Gasteiger partial charge in [0.2, 0.25) is 0 Å². The van der Waals surface area contributed by atoms with Crippen LogP contribution < -0.4 is 0 Å². The molecule has 8 atom stereocenters. The summed E-state index contributed by atoms with van der Waals surface area (Å²) in [6.07, 6.45) is 7.79. The molecule has 4 aliphatic rings. The third-order valence-corrected chi connectivity index (χ3v) is 8.55. The first kappa shape index (κ1) is 15.4. The van der Waals surface area contributed by atoms with Gasteiger partial charge in [0.05, 0.1) is 12.2 Å². The molecule has 4 fully saturated rings. The predicted molar refractivity (Wildman–Crippen MR) is 88.3 cm³/mol. The summed E-state index contributed by atoms with van der Waals surface area (Å²) in [4.78, 5) is 0. The summed E-state index contributed by atoms with van der Waals surface area (Å²) in [7, 11) is 0. The highest BCUT2D eigenvalue weighted by molar-refractivity contribution is 5.16. The van der Waals surface area contributed by atoms with Crippen LogP contribution >= 0.6 is 0 Å². The van der Waals surface area contributed by atoms with Crippen molar-refractivity contribution in [2.75, 3.05) is 0 Å². The maximum Gasteiger partial charge on any atom is 0.0584 e. The van der Waals surface area contributed by atoms with Gasteiger partial charge in [-0.2, -0.15) is 0 Å². The van der Waals surface area contributed by atoms with Gasteiger partial charge in [-0.05, 0) is 84.9 Å². The second-order valence-electron chi connectivity index (χ2n) is 10.4. The first-order chi connectivity index (χ1) is 10.2. The molecule has 4 aliphatic carbocycles. The fourth-order valence-corrected chi connectivity index (χ4v) is 8.50. The molecule has 4 saturated carbocycles. The Balaban J connectivity index is 1.78. The zero-order valence-corrected chi connectivity index (χ0v) is 14.8. The number of hydrogen-bond donors (Lipinski definition) is 2. The van der Waals surface area contributed by atoms with Crippen LogP contribution in [0.1, 0.15) is 72.6 Å². The van der Waals surface area contributed by atoms with E-state index >= 15 is 0 Å². The first-order valence-electron chi connectivity index (χ1n) is 9.54. The SMILES string of the molecule is C[C@H]1C[C@]23C[C@H]1CC[C@H]2[C@]1(C)C[C@H](O)CC(C)(C)[C@H]1[C@H](O)C3. The molecule has 0 aromatic carbocycles. The predicted octanol–water partition coefficient (Wildman–Crippen LogP) is 4.00. The minimum absolute atomic E-state index is 0.0501. The highest BCUT2D eigenvalue weighted by atomic mass is 16.3. The van der Waals surface area contributed by atoms with Crippen LogP contribution in [0.4, 0.5) is 0 Å². The van der Waals surface area contributed by atoms with Crippen LogP contribution in [0.3, 0.4) is 0 Å². The third-order valence-electron chi connectivity index (χ3n) is 8.55. The van der Waals surface area contributed by atoms with Gasteiger partial charge in [0.1, 0.15) is 0 Å². The van der Waals surface area contributed by atoms with Gasteiger partial charge in [-0.15, -0.1) is 0 Å². The van der Waals surface area contributed by atoms with Gasteiger partial charge in [-0.1, -0.05) is 27.7 Å². The molecule has 2 bridgehead atoms. The van der Waals surface area contributed by atoms with Crippen molar-refractivity contribution in [2.24, 2.45) is 39.9 Å². The van der Waals surface area contributed by atoms with Crippen molar-refractivity contribution in [3.8, 4) is 0 Å². The Morgan fingerprint density at radius 1 is 0.864 bits per heavy atom. The molecule has 0 saturated heterocycles. The fraction of sp³-hybridized carbons (Fsp3) is 1.00. The molecule has 2 N–H and O–H groups in total. The van der Waals surface area contributed by atoms with Gasteiger partial charge < -0.3 is 10.2 Å². The second kappa shape index (κ2) is 4.51. The Morgan fingerprint density at radius 2 is 1.59 bits per heavy atom. The van der Waals surface area contributed by atoms with Gasteiger partial charge >= 0.3 is 0 Å².